The van der Waals surface area contributed by atoms with Crippen LogP contribution < -0.4 is 4.90 Å². The van der Waals surface area contributed by atoms with Crippen molar-refractivity contribution in [2.24, 2.45) is 0 Å². The van der Waals surface area contributed by atoms with Crippen LogP contribution in [0.1, 0.15) is 65.2 Å². The summed E-state index contributed by atoms with van der Waals surface area (Å²) in [7, 11) is 0. The predicted molar refractivity (Wildman–Crippen MR) is 149 cm³/mol. The minimum Gasteiger partial charge on any atom is -0.460 e. The van der Waals surface area contributed by atoms with Crippen molar-refractivity contribution < 1.29 is 34.0 Å². The Labute approximate surface area is 234 Å². The smallest absolute Gasteiger partial charge is 0.348 e. The predicted octanol–water partition coefficient (Wildman–Crippen LogP) is 3.53. The van der Waals surface area contributed by atoms with Crippen LogP contribution in [0.25, 0.3) is 0 Å². The van der Waals surface area contributed by atoms with E-state index in [9.17, 15) is 19.8 Å². The average Bonchev–Trinajstić information content (AvgIpc) is 3.53. The second-order valence-electron chi connectivity index (χ2n) is 10.1. The molecule has 4 rings (SSSR count). The van der Waals surface area contributed by atoms with Gasteiger partial charge in [0.1, 0.15) is 11.5 Å². The third-order valence-corrected chi connectivity index (χ3v) is 8.24. The molecular formula is C29H40N2O7S. The molecule has 3 atom stereocenters. The second-order valence-corrected chi connectivity index (χ2v) is 11.2. The molecule has 1 unspecified atom stereocenters. The van der Waals surface area contributed by atoms with Gasteiger partial charge in [0, 0.05) is 30.2 Å². The van der Waals surface area contributed by atoms with Gasteiger partial charge in [-0.25, -0.2) is 4.79 Å². The van der Waals surface area contributed by atoms with E-state index in [2.05, 4.69) is 11.8 Å². The lowest BCUT2D eigenvalue weighted by Gasteiger charge is -2.26. The number of carbonyl (C=O) groups excluding carboxylic acids is 2. The lowest BCUT2D eigenvalue weighted by molar-refractivity contribution is -0.117. The first-order chi connectivity index (χ1) is 19.0. The molecule has 2 N–H and O–H groups in total. The lowest BCUT2D eigenvalue weighted by Crippen LogP contribution is -2.40. The van der Waals surface area contributed by atoms with Crippen LogP contribution in [0.2, 0.25) is 0 Å². The highest BCUT2D eigenvalue weighted by molar-refractivity contribution is 7.13. The first-order valence-electron chi connectivity index (χ1n) is 13.9. The van der Waals surface area contributed by atoms with Gasteiger partial charge in [0.25, 0.3) is 0 Å². The Morgan fingerprint density at radius 2 is 1.92 bits per heavy atom. The summed E-state index contributed by atoms with van der Waals surface area (Å²) in [5.41, 5.74) is 1.50. The normalized spacial score (nSPS) is 20.9. The summed E-state index contributed by atoms with van der Waals surface area (Å²) in [6, 6.07) is 10.4. The monoisotopic (exact) mass is 560 g/mol. The van der Waals surface area contributed by atoms with E-state index in [4.69, 9.17) is 14.2 Å². The molecule has 1 aromatic carbocycles. The fourth-order valence-corrected chi connectivity index (χ4v) is 5.75. The Balaban J connectivity index is 1.25. The number of morpholine rings is 1. The molecule has 2 aliphatic heterocycles. The zero-order chi connectivity index (χ0) is 27.6. The number of esters is 1. The van der Waals surface area contributed by atoms with Crippen LogP contribution in [0.4, 0.5) is 5.69 Å². The van der Waals surface area contributed by atoms with Crippen LogP contribution in [-0.4, -0.2) is 85.2 Å². The molecule has 0 radical (unpaired) electrons. The van der Waals surface area contributed by atoms with Crippen LogP contribution in [0.3, 0.4) is 0 Å². The van der Waals surface area contributed by atoms with Crippen molar-refractivity contribution in [3.63, 3.8) is 0 Å². The van der Waals surface area contributed by atoms with E-state index >= 15 is 0 Å². The van der Waals surface area contributed by atoms with Gasteiger partial charge >= 0.3 is 5.97 Å². The summed E-state index contributed by atoms with van der Waals surface area (Å²) < 4.78 is 16.6. The number of aliphatic hydroxyl groups excluding tert-OH is 2. The number of benzene rings is 1. The Morgan fingerprint density at radius 3 is 2.67 bits per heavy atom. The van der Waals surface area contributed by atoms with Crippen LogP contribution in [0, 0.1) is 0 Å². The number of amides is 1. The molecule has 2 saturated heterocycles. The van der Waals surface area contributed by atoms with E-state index in [0.29, 0.717) is 43.4 Å². The maximum absolute atomic E-state index is 12.7. The van der Waals surface area contributed by atoms with E-state index in [1.54, 1.807) is 11.0 Å². The number of thiophene rings is 1. The van der Waals surface area contributed by atoms with Gasteiger partial charge in [-0.2, -0.15) is 0 Å². The molecule has 0 bridgehead atoms. The minimum atomic E-state index is -0.836. The van der Waals surface area contributed by atoms with Gasteiger partial charge in [0.2, 0.25) is 5.91 Å². The molecule has 0 saturated carbocycles. The highest BCUT2D eigenvalue weighted by Crippen LogP contribution is 2.30. The minimum absolute atomic E-state index is 0.0366. The molecule has 2 fully saturated rings. The lowest BCUT2D eigenvalue weighted by atomic mass is 10.0. The fraction of sp³-hybridized carbons (Fsp3) is 0.586. The van der Waals surface area contributed by atoms with Crippen molar-refractivity contribution in [1.82, 2.24) is 4.90 Å². The van der Waals surface area contributed by atoms with Crippen molar-refractivity contribution in [3.8, 4) is 0 Å². The zero-order valence-electron chi connectivity index (χ0n) is 22.6. The summed E-state index contributed by atoms with van der Waals surface area (Å²) in [6.07, 6.45) is 2.54. The summed E-state index contributed by atoms with van der Waals surface area (Å²) in [4.78, 5) is 30.3. The molecule has 0 aliphatic carbocycles. The summed E-state index contributed by atoms with van der Waals surface area (Å²) in [5.74, 6) is -0.507. The number of anilines is 1. The van der Waals surface area contributed by atoms with Crippen molar-refractivity contribution in [1.29, 1.82) is 0 Å². The van der Waals surface area contributed by atoms with Gasteiger partial charge < -0.3 is 29.3 Å². The van der Waals surface area contributed by atoms with E-state index in [0.717, 1.165) is 42.8 Å². The second kappa shape index (κ2) is 14.9. The number of aliphatic hydroxyl groups is 2. The molecule has 39 heavy (non-hydrogen) atoms. The maximum Gasteiger partial charge on any atom is 0.348 e. The molecule has 10 heteroatoms. The van der Waals surface area contributed by atoms with Gasteiger partial charge in [-0.3, -0.25) is 9.69 Å². The molecule has 3 heterocycles. The Morgan fingerprint density at radius 1 is 1.15 bits per heavy atom. The fourth-order valence-electron chi connectivity index (χ4n) is 4.91. The van der Waals surface area contributed by atoms with E-state index in [1.807, 2.05) is 30.3 Å². The number of hydrogen-bond donors (Lipinski definition) is 2. The molecule has 214 valence electrons. The topological polar surface area (TPSA) is 109 Å². The average molecular weight is 561 g/mol. The number of hydrogen-bond acceptors (Lipinski definition) is 9. The number of rotatable bonds is 14. The van der Waals surface area contributed by atoms with E-state index in [1.165, 1.54) is 11.3 Å². The van der Waals surface area contributed by atoms with Gasteiger partial charge in [-0.15, -0.1) is 11.3 Å². The molecule has 1 aromatic heterocycles. The van der Waals surface area contributed by atoms with Crippen molar-refractivity contribution in [2.75, 3.05) is 51.0 Å². The highest BCUT2D eigenvalue weighted by Gasteiger charge is 2.39. The van der Waals surface area contributed by atoms with Crippen LogP contribution in [-0.2, 0) is 25.6 Å². The molecular weight excluding hydrogens is 520 g/mol. The number of ether oxygens (including phenoxy) is 3. The Bertz CT molecular complexity index is 1050. The van der Waals surface area contributed by atoms with Crippen LogP contribution in [0.5, 0.6) is 0 Å². The molecule has 2 aliphatic rings. The highest BCUT2D eigenvalue weighted by atomic mass is 32.1. The van der Waals surface area contributed by atoms with Crippen molar-refractivity contribution in [3.05, 3.63) is 51.7 Å². The third kappa shape index (κ3) is 8.33. The standard InChI is InChI=1S/C29H40N2O7S/c1-2-3-4-5-25(32)21-6-8-22(9-7-21)31-24(26(33)18-28(31)34)20-37-19-23-10-11-27(39-23)29(35)38-17-14-30-12-15-36-16-13-30/h6-11,24-26,32-33H,2-5,12-20H2,1H3/t24-,25?,26+/m0/s1. The van der Waals surface area contributed by atoms with Crippen molar-refractivity contribution in [2.45, 2.75) is 63.9 Å². The Hall–Kier alpha value is -2.34. The van der Waals surface area contributed by atoms with E-state index < -0.39 is 18.2 Å². The number of nitrogens with zero attached hydrogens (tertiary/aromatic N) is 2. The number of carbonyl (C=O) groups is 2. The van der Waals surface area contributed by atoms with Gasteiger partial charge in [-0.1, -0.05) is 38.3 Å². The van der Waals surface area contributed by atoms with Gasteiger partial charge in [0.05, 0.1) is 51.1 Å². The SMILES string of the molecule is CCCCCC(O)c1ccc(N2C(=O)C[C@@H](O)[C@@H]2COCc2ccc(C(=O)OCCN3CCOCC3)s2)cc1. The molecule has 1 amide bonds. The molecule has 2 aromatic rings. The van der Waals surface area contributed by atoms with Gasteiger partial charge in [0.15, 0.2) is 0 Å². The zero-order valence-corrected chi connectivity index (χ0v) is 23.4. The quantitative estimate of drug-likeness (QED) is 0.267. The maximum atomic E-state index is 12.7. The first kappa shape index (κ1) is 29.6. The summed E-state index contributed by atoms with van der Waals surface area (Å²) >= 11 is 1.32. The van der Waals surface area contributed by atoms with Gasteiger partial charge in [-0.05, 0) is 36.2 Å². The van der Waals surface area contributed by atoms with Crippen LogP contribution >= 0.6 is 11.3 Å². The van der Waals surface area contributed by atoms with Crippen molar-refractivity contribution >= 4 is 28.9 Å². The first-order valence-corrected chi connectivity index (χ1v) is 14.7. The molecule has 9 nitrogen and oxygen atoms in total. The molecule has 0 spiro atoms. The largest absolute Gasteiger partial charge is 0.460 e. The Kier molecular flexibility index (Phi) is 11.3. The van der Waals surface area contributed by atoms with E-state index in [-0.39, 0.29) is 31.5 Å². The summed E-state index contributed by atoms with van der Waals surface area (Å²) in [5, 5.41) is 21.0. The van der Waals surface area contributed by atoms with Crippen LogP contribution in [0.15, 0.2) is 36.4 Å². The third-order valence-electron chi connectivity index (χ3n) is 7.21. The number of unbranched alkanes of at least 4 members (excludes halogenated alkanes) is 2. The summed E-state index contributed by atoms with van der Waals surface area (Å²) in [6.45, 7) is 6.71.